The first-order chi connectivity index (χ1) is 18.3. The smallest absolute Gasteiger partial charge is 0.335 e. The molecule has 0 aromatic heterocycles. The first-order valence-electron chi connectivity index (χ1n) is 15.2. The van der Waals surface area contributed by atoms with E-state index in [1.54, 1.807) is 0 Å². The quantitative estimate of drug-likeness (QED) is 0.125. The lowest BCUT2D eigenvalue weighted by molar-refractivity contribution is -0.150. The Morgan fingerprint density at radius 1 is 0.737 bits per heavy atom. The van der Waals surface area contributed by atoms with Crippen LogP contribution in [0.4, 0.5) is 0 Å². The first kappa shape index (κ1) is 32.6. The van der Waals surface area contributed by atoms with Crippen molar-refractivity contribution in [2.75, 3.05) is 26.4 Å². The van der Waals surface area contributed by atoms with Crippen molar-refractivity contribution >= 4 is 11.9 Å². The van der Waals surface area contributed by atoms with Crippen LogP contribution in [-0.2, 0) is 19.1 Å². The Morgan fingerprint density at radius 2 is 1.18 bits per heavy atom. The summed E-state index contributed by atoms with van der Waals surface area (Å²) in [5.74, 6) is 2.12. The van der Waals surface area contributed by atoms with Crippen molar-refractivity contribution in [1.29, 1.82) is 0 Å². The molecule has 2 fully saturated rings. The number of rotatable bonds is 17. The maximum Gasteiger partial charge on any atom is 0.335 e. The molecule has 0 saturated heterocycles. The number of unbranched alkanes of at least 4 members (excludes halogenated alkanes) is 2. The molecule has 2 aliphatic carbocycles. The zero-order chi connectivity index (χ0) is 28.0. The molecule has 6 heteroatoms. The normalized spacial score (nSPS) is 24.0. The van der Waals surface area contributed by atoms with Gasteiger partial charge in [0, 0.05) is 5.41 Å². The number of aliphatic hydroxyl groups is 2. The van der Waals surface area contributed by atoms with Gasteiger partial charge in [0.15, 0.2) is 0 Å². The molecule has 2 rings (SSSR count). The molecule has 2 N–H and O–H groups in total. The molecule has 2 saturated carbocycles. The summed E-state index contributed by atoms with van der Waals surface area (Å²) in [7, 11) is 0. The Bertz CT molecular complexity index is 711. The highest BCUT2D eigenvalue weighted by atomic mass is 16.5. The Kier molecular flexibility index (Phi) is 14.7. The molecule has 0 bridgehead atoms. The van der Waals surface area contributed by atoms with E-state index in [0.29, 0.717) is 12.3 Å². The van der Waals surface area contributed by atoms with Crippen molar-refractivity contribution in [3.63, 3.8) is 0 Å². The van der Waals surface area contributed by atoms with Gasteiger partial charge < -0.3 is 19.7 Å². The molecule has 0 heterocycles. The largest absolute Gasteiger partial charge is 0.462 e. The van der Waals surface area contributed by atoms with Crippen LogP contribution < -0.4 is 0 Å². The van der Waals surface area contributed by atoms with Gasteiger partial charge >= 0.3 is 11.9 Å². The van der Waals surface area contributed by atoms with Crippen molar-refractivity contribution in [2.45, 2.75) is 110 Å². The average molecular weight is 535 g/mol. The maximum absolute atomic E-state index is 12.2. The van der Waals surface area contributed by atoms with Crippen molar-refractivity contribution in [3.8, 4) is 0 Å². The Hall–Kier alpha value is -1.66. The summed E-state index contributed by atoms with van der Waals surface area (Å²) < 4.78 is 11.0. The standard InChI is InChI=1S/C32H54O6/c1-5-7-8-9-26-10-14-28(15-11-26)29-16-12-27(13-17-29)18-19-32(6-2,22-37-30(35)24(3)20-33)23-38-31(36)25(4)21-34/h26-29,33-34H,3-23H2,1-2H3. The summed E-state index contributed by atoms with van der Waals surface area (Å²) in [4.78, 5) is 24.3. The molecule has 0 unspecified atom stereocenters. The topological polar surface area (TPSA) is 93.1 Å². The van der Waals surface area contributed by atoms with E-state index in [9.17, 15) is 19.8 Å². The van der Waals surface area contributed by atoms with Crippen LogP contribution in [0.1, 0.15) is 110 Å². The average Bonchev–Trinajstić information content (AvgIpc) is 2.96. The number of ether oxygens (including phenoxy) is 2. The molecule has 218 valence electrons. The molecule has 38 heavy (non-hydrogen) atoms. The minimum absolute atomic E-state index is 0.00831. The molecular weight excluding hydrogens is 480 g/mol. The number of hydrogen-bond donors (Lipinski definition) is 2. The minimum Gasteiger partial charge on any atom is -0.462 e. The summed E-state index contributed by atoms with van der Waals surface area (Å²) in [5, 5.41) is 18.4. The van der Waals surface area contributed by atoms with E-state index in [4.69, 9.17) is 9.47 Å². The molecule has 0 aromatic carbocycles. The second-order valence-electron chi connectivity index (χ2n) is 12.1. The third kappa shape index (κ3) is 10.5. The van der Waals surface area contributed by atoms with Crippen LogP contribution in [0.2, 0.25) is 0 Å². The van der Waals surface area contributed by atoms with Crippen LogP contribution in [0.25, 0.3) is 0 Å². The SMILES string of the molecule is C=C(CO)C(=O)OCC(CC)(CCC1CCC(C2CCC(CCCCC)CC2)CC1)COC(=O)C(=C)CO. The van der Waals surface area contributed by atoms with Gasteiger partial charge in [0.1, 0.15) is 13.2 Å². The molecule has 6 nitrogen and oxygen atoms in total. The number of carbonyl (C=O) groups is 2. The van der Waals surface area contributed by atoms with E-state index in [2.05, 4.69) is 20.1 Å². The fraction of sp³-hybridized carbons (Fsp3) is 0.812. The monoisotopic (exact) mass is 534 g/mol. The third-order valence-corrected chi connectivity index (χ3v) is 9.48. The van der Waals surface area contributed by atoms with Gasteiger partial charge in [-0.15, -0.1) is 0 Å². The van der Waals surface area contributed by atoms with E-state index in [-0.39, 0.29) is 24.4 Å². The highest BCUT2D eigenvalue weighted by molar-refractivity contribution is 5.88. The summed E-state index contributed by atoms with van der Waals surface area (Å²) in [5.41, 5.74) is -0.507. The Morgan fingerprint density at radius 3 is 1.58 bits per heavy atom. The fourth-order valence-corrected chi connectivity index (χ4v) is 6.43. The van der Waals surface area contributed by atoms with E-state index >= 15 is 0 Å². The number of carbonyl (C=O) groups excluding carboxylic acids is 2. The second-order valence-corrected chi connectivity index (χ2v) is 12.1. The van der Waals surface area contributed by atoms with Crippen molar-refractivity contribution in [3.05, 3.63) is 24.3 Å². The molecule has 0 aromatic rings. The lowest BCUT2D eigenvalue weighted by Gasteiger charge is -2.39. The molecule has 0 aliphatic heterocycles. The molecule has 0 radical (unpaired) electrons. The summed E-state index contributed by atoms with van der Waals surface area (Å²) in [6.45, 7) is 10.7. The highest BCUT2D eigenvalue weighted by Crippen LogP contribution is 2.44. The van der Waals surface area contributed by atoms with Crippen LogP contribution in [-0.4, -0.2) is 48.6 Å². The zero-order valence-corrected chi connectivity index (χ0v) is 24.2. The van der Waals surface area contributed by atoms with Gasteiger partial charge in [-0.3, -0.25) is 0 Å². The van der Waals surface area contributed by atoms with Crippen molar-refractivity contribution in [1.82, 2.24) is 0 Å². The van der Waals surface area contributed by atoms with Crippen LogP contribution in [0, 0.1) is 29.1 Å². The van der Waals surface area contributed by atoms with Gasteiger partial charge in [-0.25, -0.2) is 9.59 Å². The van der Waals surface area contributed by atoms with E-state index in [0.717, 1.165) is 30.6 Å². The predicted octanol–water partition coefficient (Wildman–Crippen LogP) is 6.54. The lowest BCUT2D eigenvalue weighted by atomic mass is 9.67. The molecular formula is C32H54O6. The second kappa shape index (κ2) is 17.1. The van der Waals surface area contributed by atoms with Gasteiger partial charge in [-0.1, -0.05) is 78.4 Å². The highest BCUT2D eigenvalue weighted by Gasteiger charge is 2.35. The van der Waals surface area contributed by atoms with E-state index in [1.807, 2.05) is 6.92 Å². The van der Waals surface area contributed by atoms with Gasteiger partial charge in [0.25, 0.3) is 0 Å². The molecule has 0 atom stereocenters. The van der Waals surface area contributed by atoms with Gasteiger partial charge in [0.2, 0.25) is 0 Å². The zero-order valence-electron chi connectivity index (χ0n) is 24.2. The molecule has 0 amide bonds. The summed E-state index contributed by atoms with van der Waals surface area (Å²) in [6, 6.07) is 0. The predicted molar refractivity (Wildman–Crippen MR) is 151 cm³/mol. The van der Waals surface area contributed by atoms with Crippen molar-refractivity contribution in [2.24, 2.45) is 29.1 Å². The van der Waals surface area contributed by atoms with E-state index < -0.39 is 30.6 Å². The molecule has 2 aliphatic rings. The Labute approximate surface area is 231 Å². The van der Waals surface area contributed by atoms with Crippen LogP contribution >= 0.6 is 0 Å². The van der Waals surface area contributed by atoms with Gasteiger partial charge in [-0.2, -0.15) is 0 Å². The number of esters is 2. The summed E-state index contributed by atoms with van der Waals surface area (Å²) >= 11 is 0. The maximum atomic E-state index is 12.2. The van der Waals surface area contributed by atoms with Gasteiger partial charge in [-0.05, 0) is 68.6 Å². The number of hydrogen-bond acceptors (Lipinski definition) is 6. The van der Waals surface area contributed by atoms with Crippen LogP contribution in [0.3, 0.4) is 0 Å². The first-order valence-corrected chi connectivity index (χ1v) is 15.2. The van der Waals surface area contributed by atoms with Crippen LogP contribution in [0.5, 0.6) is 0 Å². The number of aliphatic hydroxyl groups excluding tert-OH is 2. The molecule has 0 spiro atoms. The van der Waals surface area contributed by atoms with Crippen molar-refractivity contribution < 1.29 is 29.3 Å². The minimum atomic E-state index is -0.628. The van der Waals surface area contributed by atoms with Gasteiger partial charge in [0.05, 0.1) is 24.4 Å². The third-order valence-electron chi connectivity index (χ3n) is 9.48. The van der Waals surface area contributed by atoms with Crippen LogP contribution in [0.15, 0.2) is 24.3 Å². The van der Waals surface area contributed by atoms with E-state index in [1.165, 1.54) is 77.0 Å². The lowest BCUT2D eigenvalue weighted by Crippen LogP contribution is -2.35. The Balaban J connectivity index is 1.86. The summed E-state index contributed by atoms with van der Waals surface area (Å²) in [6.07, 6.45) is 18.8. The fourth-order valence-electron chi connectivity index (χ4n) is 6.43.